The van der Waals surface area contributed by atoms with Crippen LogP contribution < -0.4 is 5.32 Å². The maximum absolute atomic E-state index is 12.9. The van der Waals surface area contributed by atoms with Gasteiger partial charge in [0.25, 0.3) is 11.6 Å². The van der Waals surface area contributed by atoms with Crippen LogP contribution in [0.4, 0.5) is 20.2 Å². The number of rotatable bonds is 6. The van der Waals surface area contributed by atoms with Crippen molar-refractivity contribution in [2.75, 3.05) is 18.5 Å². The maximum Gasteiger partial charge on any atom is 0.338 e. The monoisotopic (exact) mass is 276 g/mol. The van der Waals surface area contributed by atoms with Crippen LogP contribution in [-0.2, 0) is 0 Å². The molecule has 3 N–H and O–H groups in total. The van der Waals surface area contributed by atoms with Crippen molar-refractivity contribution in [3.63, 3.8) is 0 Å². The number of carbonyl (C=O) groups is 1. The van der Waals surface area contributed by atoms with Gasteiger partial charge in [0.05, 0.1) is 17.0 Å². The molecule has 0 saturated carbocycles. The highest BCUT2D eigenvalue weighted by molar-refractivity contribution is 5.96. The van der Waals surface area contributed by atoms with Gasteiger partial charge in [-0.2, -0.15) is 0 Å². The van der Waals surface area contributed by atoms with E-state index in [4.69, 9.17) is 10.2 Å². The number of nitro benzene ring substituents is 1. The second-order valence-corrected chi connectivity index (χ2v) is 3.63. The molecule has 0 amide bonds. The molecule has 19 heavy (non-hydrogen) atoms. The molecule has 0 fully saturated rings. The van der Waals surface area contributed by atoms with Gasteiger partial charge in [-0.1, -0.05) is 6.07 Å². The number of aliphatic hydroxyl groups excluding tert-OH is 1. The van der Waals surface area contributed by atoms with Gasteiger partial charge in [-0.3, -0.25) is 10.1 Å². The summed E-state index contributed by atoms with van der Waals surface area (Å²) in [5, 5.41) is 30.0. The van der Waals surface area contributed by atoms with Crippen LogP contribution in [0.3, 0.4) is 0 Å². The minimum atomic E-state index is -3.51. The molecule has 0 aromatic heterocycles. The molecular weight excluding hydrogens is 266 g/mol. The zero-order valence-corrected chi connectivity index (χ0v) is 9.47. The SMILES string of the molecule is O=C(O)c1cccc([N+](=O)[O-])c1NCC(F)(F)CO. The molecule has 104 valence electrons. The fourth-order valence-corrected chi connectivity index (χ4v) is 1.33. The summed E-state index contributed by atoms with van der Waals surface area (Å²) in [6.45, 7) is -2.57. The van der Waals surface area contributed by atoms with Crippen LogP contribution in [0.5, 0.6) is 0 Å². The molecule has 0 aliphatic rings. The van der Waals surface area contributed by atoms with Crippen LogP contribution in [0.2, 0.25) is 0 Å². The first-order chi connectivity index (χ1) is 8.78. The number of aromatic carboxylic acids is 1. The van der Waals surface area contributed by atoms with Gasteiger partial charge in [0.1, 0.15) is 12.3 Å². The summed E-state index contributed by atoms with van der Waals surface area (Å²) in [5.74, 6) is -5.00. The van der Waals surface area contributed by atoms with Crippen LogP contribution in [0.25, 0.3) is 0 Å². The molecule has 0 aliphatic heterocycles. The number of anilines is 1. The Hall–Kier alpha value is -2.29. The number of carboxylic acids is 1. The Morgan fingerprint density at radius 3 is 2.58 bits per heavy atom. The normalized spacial score (nSPS) is 11.1. The van der Waals surface area contributed by atoms with Crippen LogP contribution in [-0.4, -0.2) is 40.2 Å². The van der Waals surface area contributed by atoms with Crippen molar-refractivity contribution in [3.8, 4) is 0 Å². The number of hydrogen-bond donors (Lipinski definition) is 3. The van der Waals surface area contributed by atoms with Crippen molar-refractivity contribution in [3.05, 3.63) is 33.9 Å². The van der Waals surface area contributed by atoms with E-state index in [0.717, 1.165) is 18.2 Å². The summed E-state index contributed by atoms with van der Waals surface area (Å²) in [6.07, 6.45) is 0. The number of para-hydroxylation sites is 1. The Labute approximate surface area is 105 Å². The number of aliphatic hydroxyl groups is 1. The summed E-state index contributed by atoms with van der Waals surface area (Å²) in [5.41, 5.74) is -1.65. The zero-order chi connectivity index (χ0) is 14.6. The third kappa shape index (κ3) is 3.58. The van der Waals surface area contributed by atoms with Crippen molar-refractivity contribution in [2.45, 2.75) is 5.92 Å². The van der Waals surface area contributed by atoms with Gasteiger partial charge in [0.2, 0.25) is 0 Å². The largest absolute Gasteiger partial charge is 0.478 e. The third-order valence-corrected chi connectivity index (χ3v) is 2.22. The minimum absolute atomic E-state index is 0.497. The number of halogens is 2. The third-order valence-electron chi connectivity index (χ3n) is 2.22. The van der Waals surface area contributed by atoms with E-state index >= 15 is 0 Å². The highest BCUT2D eigenvalue weighted by Gasteiger charge is 2.30. The first-order valence-electron chi connectivity index (χ1n) is 5.02. The molecule has 0 aliphatic carbocycles. The number of benzene rings is 1. The Morgan fingerprint density at radius 1 is 1.47 bits per heavy atom. The maximum atomic E-state index is 12.9. The first-order valence-corrected chi connectivity index (χ1v) is 5.02. The number of carboxylic acid groups (broad SMARTS) is 1. The Bertz CT molecular complexity index is 474. The fraction of sp³-hybridized carbons (Fsp3) is 0.300. The summed E-state index contributed by atoms with van der Waals surface area (Å²) in [4.78, 5) is 20.7. The molecule has 0 atom stereocenters. The van der Waals surface area contributed by atoms with Gasteiger partial charge in [-0.05, 0) is 6.07 Å². The van der Waals surface area contributed by atoms with Crippen molar-refractivity contribution in [1.29, 1.82) is 0 Å². The molecule has 1 aromatic carbocycles. The molecular formula is C10H10F2N2O5. The Kier molecular flexibility index (Phi) is 4.33. The summed E-state index contributed by atoms with van der Waals surface area (Å²) in [7, 11) is 0. The lowest BCUT2D eigenvalue weighted by molar-refractivity contribution is -0.384. The second kappa shape index (κ2) is 5.57. The molecule has 0 spiro atoms. The van der Waals surface area contributed by atoms with E-state index in [1.54, 1.807) is 0 Å². The lowest BCUT2D eigenvalue weighted by Gasteiger charge is -2.16. The van der Waals surface area contributed by atoms with E-state index in [-0.39, 0.29) is 0 Å². The number of alkyl halides is 2. The van der Waals surface area contributed by atoms with Crippen LogP contribution in [0.15, 0.2) is 18.2 Å². The Balaban J connectivity index is 3.15. The van der Waals surface area contributed by atoms with Crippen molar-refractivity contribution in [1.82, 2.24) is 0 Å². The topological polar surface area (TPSA) is 113 Å². The number of nitrogens with one attached hydrogen (secondary N) is 1. The first kappa shape index (κ1) is 14.8. The number of nitrogens with zero attached hydrogens (tertiary/aromatic N) is 1. The van der Waals surface area contributed by atoms with Gasteiger partial charge < -0.3 is 15.5 Å². The minimum Gasteiger partial charge on any atom is -0.478 e. The average molecular weight is 276 g/mol. The second-order valence-electron chi connectivity index (χ2n) is 3.63. The lowest BCUT2D eigenvalue weighted by atomic mass is 10.1. The quantitative estimate of drug-likeness (QED) is 0.533. The van der Waals surface area contributed by atoms with E-state index in [9.17, 15) is 23.7 Å². The number of hydrogen-bond acceptors (Lipinski definition) is 5. The zero-order valence-electron chi connectivity index (χ0n) is 9.47. The molecule has 1 rings (SSSR count). The smallest absolute Gasteiger partial charge is 0.338 e. The van der Waals surface area contributed by atoms with Crippen LogP contribution in [0.1, 0.15) is 10.4 Å². The van der Waals surface area contributed by atoms with Crippen LogP contribution >= 0.6 is 0 Å². The van der Waals surface area contributed by atoms with Crippen molar-refractivity contribution >= 4 is 17.3 Å². The fourth-order valence-electron chi connectivity index (χ4n) is 1.33. The van der Waals surface area contributed by atoms with Crippen molar-refractivity contribution < 1.29 is 28.7 Å². The van der Waals surface area contributed by atoms with Crippen LogP contribution in [0, 0.1) is 10.1 Å². The lowest BCUT2D eigenvalue weighted by Crippen LogP contribution is -2.31. The van der Waals surface area contributed by atoms with E-state index in [1.807, 2.05) is 5.32 Å². The number of nitro groups is 1. The van der Waals surface area contributed by atoms with E-state index < -0.39 is 46.9 Å². The molecule has 0 bridgehead atoms. The average Bonchev–Trinajstić information content (AvgIpc) is 2.35. The predicted octanol–water partition coefficient (Wildman–Crippen LogP) is 1.33. The van der Waals surface area contributed by atoms with Gasteiger partial charge in [0, 0.05) is 6.07 Å². The molecule has 9 heteroatoms. The van der Waals surface area contributed by atoms with Gasteiger partial charge in [-0.25, -0.2) is 13.6 Å². The highest BCUT2D eigenvalue weighted by atomic mass is 19.3. The Morgan fingerprint density at radius 2 is 2.11 bits per heavy atom. The summed E-state index contributed by atoms with van der Waals surface area (Å²) in [6, 6.07) is 3.18. The standard InChI is InChI=1S/C10H10F2N2O5/c11-10(12,5-15)4-13-8-6(9(16)17)2-1-3-7(8)14(18)19/h1-3,13,15H,4-5H2,(H,16,17). The van der Waals surface area contributed by atoms with E-state index in [1.165, 1.54) is 0 Å². The van der Waals surface area contributed by atoms with E-state index in [0.29, 0.717) is 0 Å². The molecule has 0 saturated heterocycles. The van der Waals surface area contributed by atoms with Gasteiger partial charge >= 0.3 is 5.97 Å². The molecule has 7 nitrogen and oxygen atoms in total. The molecule has 0 unspecified atom stereocenters. The molecule has 0 radical (unpaired) electrons. The molecule has 0 heterocycles. The van der Waals surface area contributed by atoms with E-state index in [2.05, 4.69) is 0 Å². The van der Waals surface area contributed by atoms with Gasteiger partial charge in [-0.15, -0.1) is 0 Å². The predicted molar refractivity (Wildman–Crippen MR) is 60.6 cm³/mol. The van der Waals surface area contributed by atoms with Crippen molar-refractivity contribution in [2.24, 2.45) is 0 Å². The summed E-state index contributed by atoms with van der Waals surface area (Å²) >= 11 is 0. The summed E-state index contributed by atoms with van der Waals surface area (Å²) < 4.78 is 25.7. The highest BCUT2D eigenvalue weighted by Crippen LogP contribution is 2.29. The van der Waals surface area contributed by atoms with Gasteiger partial charge in [0.15, 0.2) is 0 Å². The molecule has 1 aromatic rings.